The fraction of sp³-hybridized carbons (Fsp3) is 0.370. The molecule has 0 fully saturated rings. The van der Waals surface area contributed by atoms with Gasteiger partial charge >= 0.3 is 12.1 Å². The Bertz CT molecular complexity index is 1080. The molecule has 2 aliphatic carbocycles. The second-order valence-corrected chi connectivity index (χ2v) is 9.62. The summed E-state index contributed by atoms with van der Waals surface area (Å²) in [6, 6.07) is 15.9. The van der Waals surface area contributed by atoms with Crippen molar-refractivity contribution in [2.24, 2.45) is 5.92 Å². The zero-order chi connectivity index (χ0) is 24.3. The number of rotatable bonds is 7. The molecule has 2 aliphatic rings. The van der Waals surface area contributed by atoms with Gasteiger partial charge in [-0.05, 0) is 48.9 Å². The van der Waals surface area contributed by atoms with E-state index < -0.39 is 23.5 Å². The molecule has 0 radical (unpaired) electrons. The smallest absolute Gasteiger partial charge is 0.407 e. The molecule has 0 heterocycles. The van der Waals surface area contributed by atoms with Gasteiger partial charge in [-0.25, -0.2) is 4.79 Å². The van der Waals surface area contributed by atoms with Crippen molar-refractivity contribution in [1.29, 1.82) is 0 Å². The predicted molar refractivity (Wildman–Crippen MR) is 128 cm³/mol. The van der Waals surface area contributed by atoms with E-state index in [1.165, 1.54) is 0 Å². The van der Waals surface area contributed by atoms with Crippen LogP contribution < -0.4 is 10.6 Å². The Balaban J connectivity index is 1.31. The van der Waals surface area contributed by atoms with Crippen LogP contribution in [-0.2, 0) is 14.3 Å². The van der Waals surface area contributed by atoms with Crippen LogP contribution in [0, 0.1) is 5.92 Å². The molecule has 7 heteroatoms. The molecule has 0 unspecified atom stereocenters. The van der Waals surface area contributed by atoms with Gasteiger partial charge in [0.2, 0.25) is 5.91 Å². The summed E-state index contributed by atoms with van der Waals surface area (Å²) in [4.78, 5) is 36.4. The first-order valence-corrected chi connectivity index (χ1v) is 11.6. The van der Waals surface area contributed by atoms with Gasteiger partial charge in [0.25, 0.3) is 0 Å². The molecule has 0 aliphatic heterocycles. The molecule has 178 valence electrons. The van der Waals surface area contributed by atoms with E-state index in [2.05, 4.69) is 34.9 Å². The number of carboxylic acids is 1. The van der Waals surface area contributed by atoms with Crippen LogP contribution in [0.2, 0.25) is 0 Å². The number of ether oxygens (including phenoxy) is 1. The summed E-state index contributed by atoms with van der Waals surface area (Å²) in [6.07, 6.45) is 3.90. The molecule has 0 spiro atoms. The molecule has 7 nitrogen and oxygen atoms in total. The van der Waals surface area contributed by atoms with Crippen molar-refractivity contribution in [3.05, 3.63) is 71.8 Å². The molecular weight excluding hydrogens is 432 g/mol. The van der Waals surface area contributed by atoms with Crippen molar-refractivity contribution in [1.82, 2.24) is 10.6 Å². The molecule has 34 heavy (non-hydrogen) atoms. The Morgan fingerprint density at radius 3 is 2.26 bits per heavy atom. The quantitative estimate of drug-likeness (QED) is 0.534. The van der Waals surface area contributed by atoms with Gasteiger partial charge in [0.05, 0.1) is 5.92 Å². The minimum Gasteiger partial charge on any atom is -0.481 e. The molecule has 2 amide bonds. The van der Waals surface area contributed by atoms with Crippen LogP contribution in [0.4, 0.5) is 4.79 Å². The van der Waals surface area contributed by atoms with Crippen molar-refractivity contribution in [3.8, 4) is 11.1 Å². The van der Waals surface area contributed by atoms with Crippen molar-refractivity contribution < 1.29 is 24.2 Å². The summed E-state index contributed by atoms with van der Waals surface area (Å²) in [6.45, 7) is 3.71. The van der Waals surface area contributed by atoms with Gasteiger partial charge in [-0.1, -0.05) is 60.7 Å². The first-order chi connectivity index (χ1) is 16.2. The van der Waals surface area contributed by atoms with E-state index in [0.717, 1.165) is 22.3 Å². The first-order valence-electron chi connectivity index (χ1n) is 11.6. The van der Waals surface area contributed by atoms with Crippen LogP contribution in [0.25, 0.3) is 11.1 Å². The average molecular weight is 463 g/mol. The predicted octanol–water partition coefficient (Wildman–Crippen LogP) is 4.23. The third kappa shape index (κ3) is 5.30. The number of fused-ring (bicyclic) bond motifs is 3. The number of alkyl carbamates (subject to hydrolysis) is 1. The average Bonchev–Trinajstić information content (AvgIpc) is 3.11. The van der Waals surface area contributed by atoms with Gasteiger partial charge in [-0.15, -0.1) is 0 Å². The highest BCUT2D eigenvalue weighted by atomic mass is 16.5. The number of aliphatic carboxylic acids is 1. The van der Waals surface area contributed by atoms with Crippen molar-refractivity contribution in [2.75, 3.05) is 6.61 Å². The lowest BCUT2D eigenvalue weighted by Crippen LogP contribution is -2.48. The largest absolute Gasteiger partial charge is 0.481 e. The third-order valence-electron chi connectivity index (χ3n) is 6.41. The number of carbonyl (C=O) groups is 3. The maximum absolute atomic E-state index is 12.6. The lowest BCUT2D eigenvalue weighted by atomic mass is 9.91. The van der Waals surface area contributed by atoms with Gasteiger partial charge < -0.3 is 20.5 Å². The summed E-state index contributed by atoms with van der Waals surface area (Å²) in [5, 5.41) is 14.8. The van der Waals surface area contributed by atoms with E-state index in [-0.39, 0.29) is 30.9 Å². The highest BCUT2D eigenvalue weighted by Crippen LogP contribution is 2.44. The van der Waals surface area contributed by atoms with E-state index in [1.807, 2.05) is 30.3 Å². The monoisotopic (exact) mass is 462 g/mol. The van der Waals surface area contributed by atoms with Crippen molar-refractivity contribution in [3.63, 3.8) is 0 Å². The zero-order valence-corrected chi connectivity index (χ0v) is 19.4. The van der Waals surface area contributed by atoms with E-state index in [4.69, 9.17) is 4.74 Å². The topological polar surface area (TPSA) is 105 Å². The van der Waals surface area contributed by atoms with Gasteiger partial charge in [0.15, 0.2) is 0 Å². The lowest BCUT2D eigenvalue weighted by molar-refractivity contribution is -0.142. The fourth-order valence-electron chi connectivity index (χ4n) is 4.81. The normalized spacial score (nSPS) is 19.1. The minimum absolute atomic E-state index is 0.0372. The van der Waals surface area contributed by atoms with E-state index in [9.17, 15) is 19.5 Å². The van der Waals surface area contributed by atoms with Crippen LogP contribution in [0.5, 0.6) is 0 Å². The Labute approximate surface area is 199 Å². The fourth-order valence-corrected chi connectivity index (χ4v) is 4.81. The van der Waals surface area contributed by atoms with Gasteiger partial charge in [0, 0.05) is 23.9 Å². The first kappa shape index (κ1) is 23.5. The van der Waals surface area contributed by atoms with Gasteiger partial charge in [-0.2, -0.15) is 0 Å². The van der Waals surface area contributed by atoms with Crippen LogP contribution in [0.3, 0.4) is 0 Å². The highest BCUT2D eigenvalue weighted by molar-refractivity contribution is 5.80. The lowest BCUT2D eigenvalue weighted by Gasteiger charge is -2.28. The van der Waals surface area contributed by atoms with E-state index >= 15 is 0 Å². The van der Waals surface area contributed by atoms with E-state index in [1.54, 1.807) is 19.9 Å². The number of amides is 2. The molecule has 2 aromatic rings. The molecule has 0 bridgehead atoms. The molecule has 2 atom stereocenters. The summed E-state index contributed by atoms with van der Waals surface area (Å²) < 4.78 is 5.59. The molecule has 4 rings (SSSR count). The van der Waals surface area contributed by atoms with Crippen LogP contribution in [0.1, 0.15) is 50.2 Å². The Morgan fingerprint density at radius 2 is 1.65 bits per heavy atom. The molecule has 0 saturated heterocycles. The van der Waals surface area contributed by atoms with Crippen molar-refractivity contribution in [2.45, 2.75) is 50.6 Å². The summed E-state index contributed by atoms with van der Waals surface area (Å²) in [5.41, 5.74) is 3.75. The molecule has 2 aromatic carbocycles. The Morgan fingerprint density at radius 1 is 1.03 bits per heavy atom. The number of carboxylic acid groups (broad SMARTS) is 1. The number of hydrogen-bond acceptors (Lipinski definition) is 4. The number of allylic oxidation sites excluding steroid dienone is 1. The molecule has 0 saturated carbocycles. The number of nitrogens with one attached hydrogen (secondary N) is 2. The molecule has 3 N–H and O–H groups in total. The van der Waals surface area contributed by atoms with Gasteiger partial charge in [0.1, 0.15) is 6.61 Å². The number of carbonyl (C=O) groups excluding carboxylic acids is 2. The van der Waals surface area contributed by atoms with Crippen LogP contribution >= 0.6 is 0 Å². The maximum Gasteiger partial charge on any atom is 0.407 e. The standard InChI is InChI=1S/C27H30N2O5/c1-27(2,15-24(30)28-18-9-7-8-17(14-18)25(31)32)29-26(33)34-16-23-21-12-5-3-10-19(21)20-11-4-6-13-22(20)23/h3-7,9-13,17-18,23H,8,14-16H2,1-2H3,(H,28,30)(H,29,33)(H,31,32)/t17-,18-/m0/s1. The number of hydrogen-bond donors (Lipinski definition) is 3. The van der Waals surface area contributed by atoms with Crippen LogP contribution in [-0.4, -0.2) is 41.3 Å². The minimum atomic E-state index is -0.860. The third-order valence-corrected chi connectivity index (χ3v) is 6.41. The highest BCUT2D eigenvalue weighted by Gasteiger charge is 2.31. The second kappa shape index (κ2) is 9.71. The molecule has 0 aromatic heterocycles. The Kier molecular flexibility index (Phi) is 6.72. The summed E-state index contributed by atoms with van der Waals surface area (Å²) in [7, 11) is 0. The second-order valence-electron chi connectivity index (χ2n) is 9.62. The SMILES string of the molecule is CC(C)(CC(=O)N[C@H]1C=CC[C@H](C(=O)O)C1)NC(=O)OCC1c2ccccc2-c2ccccc21. The van der Waals surface area contributed by atoms with Crippen LogP contribution in [0.15, 0.2) is 60.7 Å². The summed E-state index contributed by atoms with van der Waals surface area (Å²) in [5.74, 6) is -1.66. The number of benzene rings is 2. The maximum atomic E-state index is 12.6. The van der Waals surface area contributed by atoms with Gasteiger partial charge in [-0.3, -0.25) is 9.59 Å². The zero-order valence-electron chi connectivity index (χ0n) is 19.4. The summed E-state index contributed by atoms with van der Waals surface area (Å²) >= 11 is 0. The Hall–Kier alpha value is -3.61. The van der Waals surface area contributed by atoms with Crippen molar-refractivity contribution >= 4 is 18.0 Å². The molecular formula is C27H30N2O5. The van der Waals surface area contributed by atoms with E-state index in [0.29, 0.717) is 12.8 Å².